The molecule has 1 heterocycles. The van der Waals surface area contributed by atoms with Gasteiger partial charge in [0.2, 0.25) is 0 Å². The number of nitrogens with zero attached hydrogens (tertiary/aromatic N) is 1. The Morgan fingerprint density at radius 3 is 2.48 bits per heavy atom. The van der Waals surface area contributed by atoms with Gasteiger partial charge in [-0.3, -0.25) is 4.79 Å². The summed E-state index contributed by atoms with van der Waals surface area (Å²) in [5.41, 5.74) is 3.51. The topological polar surface area (TPSA) is 54.0 Å². The number of pyridine rings is 1. The van der Waals surface area contributed by atoms with E-state index in [1.165, 1.54) is 5.56 Å². The van der Waals surface area contributed by atoms with Gasteiger partial charge in [-0.25, -0.2) is 4.98 Å². The minimum absolute atomic E-state index is 0.217. The number of nitrogens with one attached hydrogen (secondary N) is 2. The van der Waals surface area contributed by atoms with Crippen molar-refractivity contribution in [2.24, 2.45) is 0 Å². The lowest BCUT2D eigenvalue weighted by Gasteiger charge is -2.08. The first kappa shape index (κ1) is 18.9. The number of carbonyl (C=O) groups is 1. The van der Waals surface area contributed by atoms with Gasteiger partial charge < -0.3 is 10.6 Å². The summed E-state index contributed by atoms with van der Waals surface area (Å²) in [6.07, 6.45) is 3.75. The molecule has 5 heteroatoms. The maximum absolute atomic E-state index is 12.2. The van der Waals surface area contributed by atoms with Crippen LogP contribution < -0.4 is 10.6 Å². The molecular formula is C22H22ClN3O. The number of rotatable bonds is 8. The van der Waals surface area contributed by atoms with E-state index in [0.29, 0.717) is 17.3 Å². The van der Waals surface area contributed by atoms with Crippen LogP contribution in [0.3, 0.4) is 0 Å². The molecule has 0 atom stereocenters. The van der Waals surface area contributed by atoms with Gasteiger partial charge in [-0.05, 0) is 42.2 Å². The third-order valence-electron chi connectivity index (χ3n) is 4.21. The lowest BCUT2D eigenvalue weighted by atomic mass is 10.1. The fourth-order valence-corrected chi connectivity index (χ4v) is 2.91. The third kappa shape index (κ3) is 5.83. The Labute approximate surface area is 164 Å². The molecule has 27 heavy (non-hydrogen) atoms. The average Bonchev–Trinajstić information content (AvgIpc) is 2.72. The summed E-state index contributed by atoms with van der Waals surface area (Å²) in [5.74, 6) is -0.217. The number of hydrogen-bond acceptors (Lipinski definition) is 3. The summed E-state index contributed by atoms with van der Waals surface area (Å²) in [4.78, 5) is 16.5. The molecule has 0 spiro atoms. The molecule has 0 fully saturated rings. The first-order valence-corrected chi connectivity index (χ1v) is 9.35. The quantitative estimate of drug-likeness (QED) is 0.557. The summed E-state index contributed by atoms with van der Waals surface area (Å²) >= 11 is 6.10. The van der Waals surface area contributed by atoms with Crippen LogP contribution in [0, 0.1) is 0 Å². The molecule has 3 rings (SSSR count). The van der Waals surface area contributed by atoms with Gasteiger partial charge in [0, 0.05) is 18.1 Å². The van der Waals surface area contributed by atoms with Crippen molar-refractivity contribution in [2.75, 3.05) is 11.9 Å². The van der Waals surface area contributed by atoms with E-state index in [9.17, 15) is 4.79 Å². The molecular weight excluding hydrogens is 358 g/mol. The largest absolute Gasteiger partial charge is 0.384 e. The molecule has 4 nitrogen and oxygen atoms in total. The van der Waals surface area contributed by atoms with E-state index in [1.807, 2.05) is 30.3 Å². The fraction of sp³-hybridized carbons (Fsp3) is 0.182. The Morgan fingerprint density at radius 1 is 0.963 bits per heavy atom. The summed E-state index contributed by atoms with van der Waals surface area (Å²) in [7, 11) is 0. The highest BCUT2D eigenvalue weighted by Gasteiger charge is 2.08. The number of anilines is 1. The van der Waals surface area contributed by atoms with Crippen LogP contribution in [-0.2, 0) is 13.0 Å². The van der Waals surface area contributed by atoms with Crippen LogP contribution in [-0.4, -0.2) is 17.4 Å². The highest BCUT2D eigenvalue weighted by molar-refractivity contribution is 6.31. The molecule has 0 saturated heterocycles. The number of carbonyl (C=O) groups excluding carboxylic acids is 1. The zero-order chi connectivity index (χ0) is 18.9. The normalized spacial score (nSPS) is 10.4. The minimum atomic E-state index is -0.217. The van der Waals surface area contributed by atoms with Crippen LogP contribution in [0.25, 0.3) is 0 Å². The predicted molar refractivity (Wildman–Crippen MR) is 110 cm³/mol. The van der Waals surface area contributed by atoms with Crippen LogP contribution in [0.1, 0.15) is 28.0 Å². The molecule has 138 valence electrons. The predicted octanol–water partition coefficient (Wildman–Crippen LogP) is 4.71. The molecule has 0 radical (unpaired) electrons. The molecule has 3 aromatic rings. The minimum Gasteiger partial charge on any atom is -0.384 e. The van der Waals surface area contributed by atoms with E-state index in [2.05, 4.69) is 39.9 Å². The summed E-state index contributed by atoms with van der Waals surface area (Å²) in [6, 6.07) is 21.5. The van der Waals surface area contributed by atoms with Crippen molar-refractivity contribution in [3.8, 4) is 0 Å². The Balaban J connectivity index is 1.43. The molecule has 0 saturated carbocycles. The molecule has 0 bridgehead atoms. The average molecular weight is 380 g/mol. The molecule has 0 aliphatic heterocycles. The van der Waals surface area contributed by atoms with Gasteiger partial charge in [0.25, 0.3) is 5.91 Å². The number of halogens is 1. The van der Waals surface area contributed by atoms with Crippen molar-refractivity contribution < 1.29 is 4.79 Å². The molecule has 0 aliphatic carbocycles. The monoisotopic (exact) mass is 379 g/mol. The van der Waals surface area contributed by atoms with E-state index in [1.54, 1.807) is 18.3 Å². The van der Waals surface area contributed by atoms with Gasteiger partial charge in [-0.2, -0.15) is 0 Å². The summed E-state index contributed by atoms with van der Waals surface area (Å²) in [6.45, 7) is 1.23. The van der Waals surface area contributed by atoms with Crippen molar-refractivity contribution >= 4 is 23.2 Å². The summed E-state index contributed by atoms with van der Waals surface area (Å²) in [5, 5.41) is 6.81. The van der Waals surface area contributed by atoms with Crippen LogP contribution in [0.4, 0.5) is 5.69 Å². The number of aromatic nitrogens is 1. The van der Waals surface area contributed by atoms with Gasteiger partial charge in [-0.15, -0.1) is 0 Å². The molecule has 0 unspecified atom stereocenters. The van der Waals surface area contributed by atoms with Crippen molar-refractivity contribution in [2.45, 2.75) is 19.4 Å². The van der Waals surface area contributed by atoms with Crippen LogP contribution in [0.2, 0.25) is 5.02 Å². The third-order valence-corrected chi connectivity index (χ3v) is 4.58. The lowest BCUT2D eigenvalue weighted by molar-refractivity contribution is 0.0946. The van der Waals surface area contributed by atoms with Crippen LogP contribution >= 0.6 is 11.6 Å². The van der Waals surface area contributed by atoms with Crippen molar-refractivity contribution in [1.82, 2.24) is 10.3 Å². The second-order valence-electron chi connectivity index (χ2n) is 6.22. The second-order valence-corrected chi connectivity index (χ2v) is 6.63. The zero-order valence-electron chi connectivity index (χ0n) is 15.0. The van der Waals surface area contributed by atoms with Gasteiger partial charge >= 0.3 is 0 Å². The summed E-state index contributed by atoms with van der Waals surface area (Å²) < 4.78 is 0. The number of amides is 1. The van der Waals surface area contributed by atoms with E-state index in [0.717, 1.165) is 30.6 Å². The fourth-order valence-electron chi connectivity index (χ4n) is 2.71. The van der Waals surface area contributed by atoms with Crippen LogP contribution in [0.5, 0.6) is 0 Å². The van der Waals surface area contributed by atoms with Crippen molar-refractivity contribution in [1.29, 1.82) is 0 Å². The Bertz CT molecular complexity index is 866. The van der Waals surface area contributed by atoms with E-state index in [4.69, 9.17) is 11.6 Å². The standard InChI is InChI=1S/C22H22ClN3O/c23-20-11-5-4-10-18(20)15-26-22(27)21-13-12-19(16-25-21)24-14-6-9-17-7-2-1-3-8-17/h1-5,7-8,10-13,16,24H,6,9,14-15H2,(H,26,27). The number of benzene rings is 2. The van der Waals surface area contributed by atoms with Crippen molar-refractivity contribution in [3.05, 3.63) is 94.8 Å². The molecule has 2 aromatic carbocycles. The first-order chi connectivity index (χ1) is 13.2. The van der Waals surface area contributed by atoms with Gasteiger partial charge in [0.15, 0.2) is 0 Å². The number of hydrogen-bond donors (Lipinski definition) is 2. The molecule has 1 amide bonds. The van der Waals surface area contributed by atoms with Crippen LogP contribution in [0.15, 0.2) is 72.9 Å². The second kappa shape index (κ2) is 9.74. The Morgan fingerprint density at radius 2 is 1.74 bits per heavy atom. The smallest absolute Gasteiger partial charge is 0.270 e. The van der Waals surface area contributed by atoms with Crippen molar-refractivity contribution in [3.63, 3.8) is 0 Å². The maximum atomic E-state index is 12.2. The molecule has 0 aliphatic rings. The van der Waals surface area contributed by atoms with E-state index >= 15 is 0 Å². The Hall–Kier alpha value is -2.85. The lowest BCUT2D eigenvalue weighted by Crippen LogP contribution is -2.23. The Kier molecular flexibility index (Phi) is 6.83. The zero-order valence-corrected chi connectivity index (χ0v) is 15.7. The molecule has 2 N–H and O–H groups in total. The van der Waals surface area contributed by atoms with Gasteiger partial charge in [0.05, 0.1) is 11.9 Å². The SMILES string of the molecule is O=C(NCc1ccccc1Cl)c1ccc(NCCCc2ccccc2)cn1. The van der Waals surface area contributed by atoms with Gasteiger partial charge in [0.1, 0.15) is 5.69 Å². The highest BCUT2D eigenvalue weighted by atomic mass is 35.5. The number of aryl methyl sites for hydroxylation is 1. The van der Waals surface area contributed by atoms with Gasteiger partial charge in [-0.1, -0.05) is 60.1 Å². The first-order valence-electron chi connectivity index (χ1n) is 8.98. The van der Waals surface area contributed by atoms with E-state index < -0.39 is 0 Å². The highest BCUT2D eigenvalue weighted by Crippen LogP contribution is 2.14. The molecule has 1 aromatic heterocycles. The maximum Gasteiger partial charge on any atom is 0.270 e. The van der Waals surface area contributed by atoms with E-state index in [-0.39, 0.29) is 5.91 Å².